The van der Waals surface area contributed by atoms with Crippen LogP contribution in [0.15, 0.2) is 5.16 Å². The van der Waals surface area contributed by atoms with Gasteiger partial charge in [-0.1, -0.05) is 11.8 Å². The quantitative estimate of drug-likeness (QED) is 0.749. The molecule has 16 heavy (non-hydrogen) atoms. The van der Waals surface area contributed by atoms with Crippen molar-refractivity contribution in [3.8, 4) is 0 Å². The third-order valence-electron chi connectivity index (χ3n) is 2.56. The minimum Gasteiger partial charge on any atom is -0.374 e. The van der Waals surface area contributed by atoms with E-state index in [-0.39, 0.29) is 0 Å². The first-order valence-electron chi connectivity index (χ1n) is 5.54. The molecule has 2 heterocycles. The lowest BCUT2D eigenvalue weighted by atomic mass is 10.2. The Bertz CT molecular complexity index is 331. The topological polar surface area (TPSA) is 78.9 Å². The average Bonchev–Trinajstić information content (AvgIpc) is 2.85. The van der Waals surface area contributed by atoms with E-state index in [1.807, 2.05) is 0 Å². The van der Waals surface area contributed by atoms with Gasteiger partial charge in [-0.25, -0.2) is 4.68 Å². The van der Waals surface area contributed by atoms with E-state index in [0.29, 0.717) is 25.3 Å². The highest BCUT2D eigenvalue weighted by molar-refractivity contribution is 7.99. The number of aromatic nitrogens is 4. The molecular formula is C9H17N5OS. The van der Waals surface area contributed by atoms with Crippen LogP contribution in [0.3, 0.4) is 0 Å². The van der Waals surface area contributed by atoms with Gasteiger partial charge in [0.2, 0.25) is 5.16 Å². The van der Waals surface area contributed by atoms with Crippen molar-refractivity contribution >= 4 is 11.8 Å². The van der Waals surface area contributed by atoms with E-state index >= 15 is 0 Å². The highest BCUT2D eigenvalue weighted by Gasteiger charge is 2.22. The SMILES string of the molecule is CC1CCC(CSc2nnnn2CCN)O1. The average molecular weight is 243 g/mol. The monoisotopic (exact) mass is 243 g/mol. The number of nitrogens with two attached hydrogens (primary N) is 1. The van der Waals surface area contributed by atoms with E-state index in [2.05, 4.69) is 22.4 Å². The Hall–Kier alpha value is -0.660. The maximum Gasteiger partial charge on any atom is 0.209 e. The first-order chi connectivity index (χ1) is 7.79. The van der Waals surface area contributed by atoms with E-state index in [4.69, 9.17) is 10.5 Å². The summed E-state index contributed by atoms with van der Waals surface area (Å²) in [6.07, 6.45) is 3.01. The van der Waals surface area contributed by atoms with Crippen LogP contribution in [0.25, 0.3) is 0 Å². The van der Waals surface area contributed by atoms with E-state index < -0.39 is 0 Å². The number of nitrogens with zero attached hydrogens (tertiary/aromatic N) is 4. The second-order valence-corrected chi connectivity index (χ2v) is 4.92. The molecule has 1 aliphatic rings. The molecule has 90 valence electrons. The Labute approximate surface area is 98.9 Å². The molecular weight excluding hydrogens is 226 g/mol. The van der Waals surface area contributed by atoms with E-state index in [0.717, 1.165) is 23.8 Å². The lowest BCUT2D eigenvalue weighted by Crippen LogP contribution is -2.14. The van der Waals surface area contributed by atoms with E-state index in [1.54, 1.807) is 16.4 Å². The number of rotatable bonds is 5. The summed E-state index contributed by atoms with van der Waals surface area (Å²) in [5.41, 5.74) is 5.47. The van der Waals surface area contributed by atoms with Gasteiger partial charge in [-0.2, -0.15) is 0 Å². The Balaban J connectivity index is 1.82. The number of ether oxygens (including phenoxy) is 1. The summed E-state index contributed by atoms with van der Waals surface area (Å²) >= 11 is 1.64. The minimum absolute atomic E-state index is 0.336. The van der Waals surface area contributed by atoms with Crippen LogP contribution in [-0.2, 0) is 11.3 Å². The Morgan fingerprint density at radius 3 is 3.12 bits per heavy atom. The molecule has 0 spiro atoms. The zero-order chi connectivity index (χ0) is 11.4. The van der Waals surface area contributed by atoms with Crippen LogP contribution in [0.5, 0.6) is 0 Å². The molecule has 1 fully saturated rings. The molecule has 7 heteroatoms. The molecule has 0 aromatic carbocycles. The lowest BCUT2D eigenvalue weighted by molar-refractivity contribution is 0.0699. The molecule has 0 saturated carbocycles. The Morgan fingerprint density at radius 2 is 2.44 bits per heavy atom. The summed E-state index contributed by atoms with van der Waals surface area (Å²) in [4.78, 5) is 0. The fourth-order valence-corrected chi connectivity index (χ4v) is 2.69. The highest BCUT2D eigenvalue weighted by atomic mass is 32.2. The molecule has 2 N–H and O–H groups in total. The third kappa shape index (κ3) is 2.93. The van der Waals surface area contributed by atoms with Crippen LogP contribution in [0.2, 0.25) is 0 Å². The van der Waals surface area contributed by atoms with Gasteiger partial charge in [-0.3, -0.25) is 0 Å². The second-order valence-electron chi connectivity index (χ2n) is 3.93. The smallest absolute Gasteiger partial charge is 0.209 e. The van der Waals surface area contributed by atoms with Crippen LogP contribution in [0.1, 0.15) is 19.8 Å². The van der Waals surface area contributed by atoms with Crippen molar-refractivity contribution in [2.24, 2.45) is 5.73 Å². The van der Waals surface area contributed by atoms with Crippen molar-refractivity contribution in [2.75, 3.05) is 12.3 Å². The first kappa shape index (κ1) is 11.8. The maximum atomic E-state index is 5.74. The summed E-state index contributed by atoms with van der Waals surface area (Å²) in [5, 5.41) is 12.3. The molecule has 0 radical (unpaired) electrons. The summed E-state index contributed by atoms with van der Waals surface area (Å²) < 4.78 is 7.48. The van der Waals surface area contributed by atoms with Crippen LogP contribution < -0.4 is 5.73 Å². The fraction of sp³-hybridized carbons (Fsp3) is 0.889. The van der Waals surface area contributed by atoms with Crippen molar-refractivity contribution < 1.29 is 4.74 Å². The molecule has 6 nitrogen and oxygen atoms in total. The summed E-state index contributed by atoms with van der Waals surface area (Å²) in [7, 11) is 0. The molecule has 2 rings (SSSR count). The molecule has 1 aromatic rings. The van der Waals surface area contributed by atoms with Crippen LogP contribution in [0.4, 0.5) is 0 Å². The number of tetrazole rings is 1. The van der Waals surface area contributed by atoms with Gasteiger partial charge in [-0.15, -0.1) is 5.10 Å². The van der Waals surface area contributed by atoms with Crippen LogP contribution >= 0.6 is 11.8 Å². The predicted molar refractivity (Wildman–Crippen MR) is 61.2 cm³/mol. The molecule has 1 saturated heterocycles. The van der Waals surface area contributed by atoms with Gasteiger partial charge in [0.25, 0.3) is 0 Å². The van der Waals surface area contributed by atoms with Crippen LogP contribution in [0, 0.1) is 0 Å². The molecule has 0 amide bonds. The van der Waals surface area contributed by atoms with Gasteiger partial charge in [-0.05, 0) is 30.2 Å². The van der Waals surface area contributed by atoms with Crippen molar-refractivity contribution in [3.63, 3.8) is 0 Å². The molecule has 2 atom stereocenters. The van der Waals surface area contributed by atoms with Crippen molar-refractivity contribution in [3.05, 3.63) is 0 Å². The van der Waals surface area contributed by atoms with Gasteiger partial charge < -0.3 is 10.5 Å². The summed E-state index contributed by atoms with van der Waals surface area (Å²) in [5.74, 6) is 0.912. The van der Waals surface area contributed by atoms with E-state index in [9.17, 15) is 0 Å². The fourth-order valence-electron chi connectivity index (χ4n) is 1.74. The molecule has 0 aliphatic carbocycles. The summed E-state index contributed by atoms with van der Waals surface area (Å²) in [6, 6.07) is 0. The largest absolute Gasteiger partial charge is 0.374 e. The van der Waals surface area contributed by atoms with Gasteiger partial charge in [0, 0.05) is 12.3 Å². The third-order valence-corrected chi connectivity index (χ3v) is 3.65. The molecule has 0 bridgehead atoms. The number of thioether (sulfide) groups is 1. The van der Waals surface area contributed by atoms with E-state index in [1.165, 1.54) is 0 Å². The van der Waals surface area contributed by atoms with Gasteiger partial charge in [0.15, 0.2) is 0 Å². The molecule has 1 aromatic heterocycles. The van der Waals surface area contributed by atoms with Gasteiger partial charge in [0.05, 0.1) is 18.8 Å². The first-order valence-corrected chi connectivity index (χ1v) is 6.52. The zero-order valence-electron chi connectivity index (χ0n) is 9.37. The maximum absolute atomic E-state index is 5.74. The standard InChI is InChI=1S/C9H17N5OS/c1-7-2-3-8(15-7)6-16-9-11-12-13-14(9)5-4-10/h7-8H,2-6,10H2,1H3. The van der Waals surface area contributed by atoms with Crippen molar-refractivity contribution in [1.29, 1.82) is 0 Å². The Kier molecular flexibility index (Phi) is 4.14. The second kappa shape index (κ2) is 5.60. The molecule has 2 unspecified atom stereocenters. The predicted octanol–water partition coefficient (Wildman–Crippen LogP) is 0.291. The van der Waals surface area contributed by atoms with Crippen LogP contribution in [-0.4, -0.2) is 44.7 Å². The van der Waals surface area contributed by atoms with Gasteiger partial charge in [0.1, 0.15) is 0 Å². The normalized spacial score (nSPS) is 25.1. The van der Waals surface area contributed by atoms with Crippen molar-refractivity contribution in [1.82, 2.24) is 20.2 Å². The molecule has 1 aliphatic heterocycles. The van der Waals surface area contributed by atoms with Crippen molar-refractivity contribution in [2.45, 2.75) is 43.7 Å². The number of hydrogen-bond acceptors (Lipinski definition) is 6. The Morgan fingerprint density at radius 1 is 1.56 bits per heavy atom. The van der Waals surface area contributed by atoms with Gasteiger partial charge >= 0.3 is 0 Å². The number of hydrogen-bond donors (Lipinski definition) is 1. The lowest BCUT2D eigenvalue weighted by Gasteiger charge is -2.09. The summed E-state index contributed by atoms with van der Waals surface area (Å²) in [6.45, 7) is 3.33. The minimum atomic E-state index is 0.336. The zero-order valence-corrected chi connectivity index (χ0v) is 10.2. The highest BCUT2D eigenvalue weighted by Crippen LogP contribution is 2.24.